The van der Waals surface area contributed by atoms with Crippen LogP contribution in [0.2, 0.25) is 0 Å². The van der Waals surface area contributed by atoms with Crippen LogP contribution in [0, 0.1) is 5.92 Å². The minimum absolute atomic E-state index is 0.112. The molecule has 1 heterocycles. The van der Waals surface area contributed by atoms with E-state index in [4.69, 9.17) is 5.73 Å². The summed E-state index contributed by atoms with van der Waals surface area (Å²) in [6, 6.07) is 6.68. The summed E-state index contributed by atoms with van der Waals surface area (Å²) in [6.45, 7) is 6.50. The first kappa shape index (κ1) is 11.2. The van der Waals surface area contributed by atoms with E-state index in [1.807, 2.05) is 0 Å². The average Bonchev–Trinajstić information content (AvgIpc) is 2.70. The summed E-state index contributed by atoms with van der Waals surface area (Å²) in [5.41, 5.74) is 10.0. The van der Waals surface area contributed by atoms with Gasteiger partial charge in [0, 0.05) is 23.1 Å². The van der Waals surface area contributed by atoms with Crippen molar-refractivity contribution >= 4 is 10.9 Å². The van der Waals surface area contributed by atoms with Gasteiger partial charge in [0.1, 0.15) is 0 Å². The maximum atomic E-state index is 6.22. The molecule has 1 aromatic carbocycles. The van der Waals surface area contributed by atoms with E-state index in [-0.39, 0.29) is 6.04 Å². The van der Waals surface area contributed by atoms with Gasteiger partial charge >= 0.3 is 0 Å². The standard InChI is InChI=1S/C14H20N2/c1-4-10-5-6-13-11(7-10)12(8-16-13)14(15)9(2)3/h5-9,14,16H,4,15H2,1-3H3. The molecule has 2 nitrogen and oxygen atoms in total. The second kappa shape index (κ2) is 4.30. The Labute approximate surface area is 96.9 Å². The molecule has 2 aromatic rings. The Balaban J connectivity index is 2.53. The van der Waals surface area contributed by atoms with Crippen molar-refractivity contribution in [3.63, 3.8) is 0 Å². The van der Waals surface area contributed by atoms with Crippen molar-refractivity contribution in [2.45, 2.75) is 33.2 Å². The molecule has 0 bridgehead atoms. The molecule has 0 radical (unpaired) electrons. The molecule has 16 heavy (non-hydrogen) atoms. The molecule has 0 fully saturated rings. The molecule has 86 valence electrons. The normalized spacial score (nSPS) is 13.6. The van der Waals surface area contributed by atoms with Crippen LogP contribution in [0.3, 0.4) is 0 Å². The summed E-state index contributed by atoms with van der Waals surface area (Å²) >= 11 is 0. The van der Waals surface area contributed by atoms with Crippen LogP contribution in [-0.2, 0) is 6.42 Å². The second-order valence-corrected chi connectivity index (χ2v) is 4.75. The first-order valence-corrected chi connectivity index (χ1v) is 5.99. The van der Waals surface area contributed by atoms with Gasteiger partial charge in [-0.3, -0.25) is 0 Å². The molecule has 2 heteroatoms. The summed E-state index contributed by atoms with van der Waals surface area (Å²) in [5, 5.41) is 1.28. The fourth-order valence-electron chi connectivity index (χ4n) is 2.04. The zero-order chi connectivity index (χ0) is 11.7. The van der Waals surface area contributed by atoms with Crippen molar-refractivity contribution in [1.29, 1.82) is 0 Å². The van der Waals surface area contributed by atoms with E-state index in [0.717, 1.165) is 6.42 Å². The van der Waals surface area contributed by atoms with Crippen LogP contribution in [-0.4, -0.2) is 4.98 Å². The first-order valence-electron chi connectivity index (χ1n) is 5.99. The molecule has 0 saturated heterocycles. The smallest absolute Gasteiger partial charge is 0.0457 e. The number of nitrogens with two attached hydrogens (primary N) is 1. The van der Waals surface area contributed by atoms with E-state index >= 15 is 0 Å². The van der Waals surface area contributed by atoms with Gasteiger partial charge in [0.2, 0.25) is 0 Å². The van der Waals surface area contributed by atoms with Crippen molar-refractivity contribution in [3.05, 3.63) is 35.5 Å². The lowest BCUT2D eigenvalue weighted by Gasteiger charge is -2.14. The molecule has 0 aliphatic carbocycles. The third kappa shape index (κ3) is 1.85. The first-order chi connectivity index (χ1) is 7.63. The summed E-state index contributed by atoms with van der Waals surface area (Å²) in [4.78, 5) is 3.30. The predicted octanol–water partition coefficient (Wildman–Crippen LogP) is 3.39. The lowest BCUT2D eigenvalue weighted by molar-refractivity contribution is 0.517. The van der Waals surface area contributed by atoms with Crippen LogP contribution in [0.15, 0.2) is 24.4 Å². The van der Waals surface area contributed by atoms with Gasteiger partial charge in [-0.25, -0.2) is 0 Å². The lowest BCUT2D eigenvalue weighted by Crippen LogP contribution is -2.16. The van der Waals surface area contributed by atoms with Crippen LogP contribution in [0.25, 0.3) is 10.9 Å². The van der Waals surface area contributed by atoms with E-state index in [1.165, 1.54) is 22.0 Å². The number of aromatic nitrogens is 1. The minimum atomic E-state index is 0.112. The van der Waals surface area contributed by atoms with E-state index in [0.29, 0.717) is 5.92 Å². The Kier molecular flexibility index (Phi) is 3.01. The fraction of sp³-hybridized carbons (Fsp3) is 0.429. The fourth-order valence-corrected chi connectivity index (χ4v) is 2.04. The van der Waals surface area contributed by atoms with Crippen LogP contribution >= 0.6 is 0 Å². The third-order valence-electron chi connectivity index (χ3n) is 3.26. The summed E-state index contributed by atoms with van der Waals surface area (Å²) in [7, 11) is 0. The monoisotopic (exact) mass is 216 g/mol. The Morgan fingerprint density at radius 2 is 2.06 bits per heavy atom. The molecule has 0 amide bonds. The molecule has 3 N–H and O–H groups in total. The predicted molar refractivity (Wildman–Crippen MR) is 69.4 cm³/mol. The Morgan fingerprint density at radius 3 is 2.69 bits per heavy atom. The summed E-state index contributed by atoms with van der Waals surface area (Å²) in [6.07, 6.45) is 3.12. The van der Waals surface area contributed by atoms with Crippen LogP contribution in [0.4, 0.5) is 0 Å². The average molecular weight is 216 g/mol. The lowest BCUT2D eigenvalue weighted by atomic mass is 9.96. The van der Waals surface area contributed by atoms with E-state index in [9.17, 15) is 0 Å². The Hall–Kier alpha value is -1.28. The number of fused-ring (bicyclic) bond motifs is 1. The van der Waals surface area contributed by atoms with Gasteiger partial charge in [-0.15, -0.1) is 0 Å². The Morgan fingerprint density at radius 1 is 1.31 bits per heavy atom. The highest BCUT2D eigenvalue weighted by molar-refractivity contribution is 5.84. The Bertz CT molecular complexity index is 482. The number of aryl methyl sites for hydroxylation is 1. The van der Waals surface area contributed by atoms with Crippen LogP contribution in [0.5, 0.6) is 0 Å². The molecular formula is C14H20N2. The zero-order valence-electron chi connectivity index (χ0n) is 10.2. The molecule has 1 aromatic heterocycles. The van der Waals surface area contributed by atoms with E-state index in [2.05, 4.69) is 50.2 Å². The quantitative estimate of drug-likeness (QED) is 0.811. The number of rotatable bonds is 3. The minimum Gasteiger partial charge on any atom is -0.361 e. The molecule has 0 saturated carbocycles. The van der Waals surface area contributed by atoms with Gasteiger partial charge in [0.25, 0.3) is 0 Å². The largest absolute Gasteiger partial charge is 0.361 e. The van der Waals surface area contributed by atoms with E-state index in [1.54, 1.807) is 0 Å². The van der Waals surface area contributed by atoms with Gasteiger partial charge in [0.05, 0.1) is 0 Å². The maximum Gasteiger partial charge on any atom is 0.0457 e. The van der Waals surface area contributed by atoms with Crippen molar-refractivity contribution < 1.29 is 0 Å². The summed E-state index contributed by atoms with van der Waals surface area (Å²) < 4.78 is 0. The number of aromatic amines is 1. The van der Waals surface area contributed by atoms with Gasteiger partial charge in [-0.05, 0) is 35.6 Å². The number of H-pyrrole nitrogens is 1. The van der Waals surface area contributed by atoms with Gasteiger partial charge in [0.15, 0.2) is 0 Å². The highest BCUT2D eigenvalue weighted by Gasteiger charge is 2.14. The van der Waals surface area contributed by atoms with Crippen molar-refractivity contribution in [3.8, 4) is 0 Å². The van der Waals surface area contributed by atoms with Gasteiger partial charge < -0.3 is 10.7 Å². The third-order valence-corrected chi connectivity index (χ3v) is 3.26. The molecule has 1 atom stereocenters. The van der Waals surface area contributed by atoms with Crippen molar-refractivity contribution in [2.24, 2.45) is 11.7 Å². The SMILES string of the molecule is CCc1ccc2[nH]cc(C(N)C(C)C)c2c1. The second-order valence-electron chi connectivity index (χ2n) is 4.75. The van der Waals surface area contributed by atoms with Gasteiger partial charge in [-0.2, -0.15) is 0 Å². The molecule has 0 aliphatic heterocycles. The topological polar surface area (TPSA) is 41.8 Å². The number of benzene rings is 1. The van der Waals surface area contributed by atoms with Gasteiger partial charge in [-0.1, -0.05) is 26.8 Å². The molecule has 2 rings (SSSR count). The van der Waals surface area contributed by atoms with Crippen molar-refractivity contribution in [2.75, 3.05) is 0 Å². The number of hydrogen-bond acceptors (Lipinski definition) is 1. The summed E-state index contributed by atoms with van der Waals surface area (Å²) in [5.74, 6) is 0.462. The van der Waals surface area contributed by atoms with Crippen LogP contribution in [0.1, 0.15) is 37.9 Å². The molecule has 0 aliphatic rings. The van der Waals surface area contributed by atoms with Crippen molar-refractivity contribution in [1.82, 2.24) is 4.98 Å². The molecule has 0 spiro atoms. The molecular weight excluding hydrogens is 196 g/mol. The van der Waals surface area contributed by atoms with Crippen LogP contribution < -0.4 is 5.73 Å². The number of nitrogens with one attached hydrogen (secondary N) is 1. The highest BCUT2D eigenvalue weighted by Crippen LogP contribution is 2.27. The maximum absolute atomic E-state index is 6.22. The number of hydrogen-bond donors (Lipinski definition) is 2. The van der Waals surface area contributed by atoms with E-state index < -0.39 is 0 Å². The molecule has 1 unspecified atom stereocenters. The zero-order valence-corrected chi connectivity index (χ0v) is 10.2. The highest BCUT2D eigenvalue weighted by atomic mass is 14.7.